The van der Waals surface area contributed by atoms with Crippen molar-refractivity contribution in [2.45, 2.75) is 6.92 Å². The smallest absolute Gasteiger partial charge is 0.0592 e. The normalized spacial score (nSPS) is 12.0. The standard InChI is InChI=1S/C15H22N4/c1-13(16-2)11-18(4)19(5)12-15(17-3)14-9-7-6-8-10-14/h6-12,17H,2H2,1,3-5H3/b13-11-,15-12-. The number of hydrogen-bond acceptors (Lipinski definition) is 4. The Labute approximate surface area is 115 Å². The second-order valence-electron chi connectivity index (χ2n) is 4.23. The fourth-order valence-electron chi connectivity index (χ4n) is 1.58. The lowest BCUT2D eigenvalue weighted by molar-refractivity contribution is 0.144. The zero-order valence-electron chi connectivity index (χ0n) is 12.1. The summed E-state index contributed by atoms with van der Waals surface area (Å²) in [5.41, 5.74) is 3.06. The van der Waals surface area contributed by atoms with Gasteiger partial charge in [-0.05, 0) is 19.2 Å². The van der Waals surface area contributed by atoms with Crippen LogP contribution in [0.2, 0.25) is 0 Å². The van der Waals surface area contributed by atoms with E-state index >= 15 is 0 Å². The molecule has 0 unspecified atom stereocenters. The predicted octanol–water partition coefficient (Wildman–Crippen LogP) is 2.54. The van der Waals surface area contributed by atoms with Crippen LogP contribution in [0.5, 0.6) is 0 Å². The van der Waals surface area contributed by atoms with Gasteiger partial charge in [-0.1, -0.05) is 30.3 Å². The first-order valence-electron chi connectivity index (χ1n) is 6.14. The Morgan fingerprint density at radius 1 is 1.16 bits per heavy atom. The van der Waals surface area contributed by atoms with Crippen molar-refractivity contribution in [2.24, 2.45) is 4.99 Å². The SMILES string of the molecule is C=N/C(C)=C\N(C)N(C)/C=C(\NC)c1ccccc1. The van der Waals surface area contributed by atoms with E-state index in [4.69, 9.17) is 0 Å². The van der Waals surface area contributed by atoms with Crippen LogP contribution >= 0.6 is 0 Å². The molecule has 1 rings (SSSR count). The van der Waals surface area contributed by atoms with Gasteiger partial charge in [-0.2, -0.15) is 0 Å². The van der Waals surface area contributed by atoms with E-state index < -0.39 is 0 Å². The molecule has 19 heavy (non-hydrogen) atoms. The second kappa shape index (κ2) is 7.26. The molecular weight excluding hydrogens is 236 g/mol. The molecule has 0 spiro atoms. The average molecular weight is 258 g/mol. The molecule has 1 aromatic rings. The van der Waals surface area contributed by atoms with Gasteiger partial charge in [0.1, 0.15) is 0 Å². The Hall–Kier alpha value is -2.23. The molecule has 0 aliphatic heterocycles. The highest BCUT2D eigenvalue weighted by Gasteiger charge is 2.02. The number of hydrogen-bond donors (Lipinski definition) is 1. The van der Waals surface area contributed by atoms with E-state index in [0.29, 0.717) is 0 Å². The number of nitrogens with one attached hydrogen (secondary N) is 1. The summed E-state index contributed by atoms with van der Waals surface area (Å²) in [5.74, 6) is 0. The number of benzene rings is 1. The minimum absolute atomic E-state index is 0.869. The van der Waals surface area contributed by atoms with Gasteiger partial charge in [0.15, 0.2) is 0 Å². The molecule has 102 valence electrons. The third-order valence-electron chi connectivity index (χ3n) is 2.79. The number of aliphatic imine (C=N–C) groups is 1. The molecule has 4 nitrogen and oxygen atoms in total. The van der Waals surface area contributed by atoms with Gasteiger partial charge in [0, 0.05) is 33.5 Å². The largest absolute Gasteiger partial charge is 0.386 e. The maximum atomic E-state index is 3.87. The molecule has 1 aromatic carbocycles. The van der Waals surface area contributed by atoms with Crippen LogP contribution in [0.3, 0.4) is 0 Å². The molecule has 1 N–H and O–H groups in total. The fraction of sp³-hybridized carbons (Fsp3) is 0.267. The van der Waals surface area contributed by atoms with Crippen LogP contribution in [0.4, 0.5) is 0 Å². The van der Waals surface area contributed by atoms with Crippen molar-refractivity contribution in [3.63, 3.8) is 0 Å². The lowest BCUT2D eigenvalue weighted by atomic mass is 10.2. The van der Waals surface area contributed by atoms with Crippen LogP contribution in [-0.2, 0) is 0 Å². The van der Waals surface area contributed by atoms with E-state index in [9.17, 15) is 0 Å². The van der Waals surface area contributed by atoms with Crippen LogP contribution < -0.4 is 5.32 Å². The topological polar surface area (TPSA) is 30.9 Å². The predicted molar refractivity (Wildman–Crippen MR) is 82.3 cm³/mol. The Morgan fingerprint density at radius 2 is 1.74 bits per heavy atom. The summed E-state index contributed by atoms with van der Waals surface area (Å²) in [7, 11) is 5.86. The minimum atomic E-state index is 0.869. The summed E-state index contributed by atoms with van der Waals surface area (Å²) in [6.45, 7) is 5.42. The fourth-order valence-corrected chi connectivity index (χ4v) is 1.58. The van der Waals surface area contributed by atoms with Crippen LogP contribution in [0.1, 0.15) is 12.5 Å². The molecule has 0 saturated carbocycles. The number of hydrazine groups is 1. The molecule has 0 aliphatic rings. The number of allylic oxidation sites excluding steroid dienone is 1. The van der Waals surface area contributed by atoms with Crippen molar-refractivity contribution in [1.82, 2.24) is 15.3 Å². The summed E-state index contributed by atoms with van der Waals surface area (Å²) in [4.78, 5) is 3.87. The lowest BCUT2D eigenvalue weighted by Gasteiger charge is -2.27. The van der Waals surface area contributed by atoms with Crippen LogP contribution in [-0.4, -0.2) is 37.9 Å². The first-order chi connectivity index (χ1) is 9.08. The highest BCUT2D eigenvalue weighted by molar-refractivity contribution is 5.63. The van der Waals surface area contributed by atoms with Crippen LogP contribution in [0.25, 0.3) is 5.70 Å². The molecule has 0 saturated heterocycles. The minimum Gasteiger partial charge on any atom is -0.386 e. The molecule has 4 heteroatoms. The lowest BCUT2D eigenvalue weighted by Crippen LogP contribution is -2.29. The Morgan fingerprint density at radius 3 is 2.26 bits per heavy atom. The third kappa shape index (κ3) is 4.50. The van der Waals surface area contributed by atoms with E-state index in [1.165, 1.54) is 0 Å². The van der Waals surface area contributed by atoms with Gasteiger partial charge in [-0.15, -0.1) is 0 Å². The van der Waals surface area contributed by atoms with Gasteiger partial charge in [0.2, 0.25) is 0 Å². The van der Waals surface area contributed by atoms with E-state index in [0.717, 1.165) is 17.0 Å². The number of rotatable bonds is 6. The summed E-state index contributed by atoms with van der Waals surface area (Å²) < 4.78 is 0. The first kappa shape index (κ1) is 14.8. The van der Waals surface area contributed by atoms with E-state index in [2.05, 4.69) is 29.2 Å². The van der Waals surface area contributed by atoms with Gasteiger partial charge in [-0.25, -0.2) is 0 Å². The molecule has 0 heterocycles. The highest BCUT2D eigenvalue weighted by Crippen LogP contribution is 2.12. The zero-order chi connectivity index (χ0) is 14.3. The van der Waals surface area contributed by atoms with Crippen LogP contribution in [0.15, 0.2) is 53.4 Å². The molecule has 0 bridgehead atoms. The van der Waals surface area contributed by atoms with Gasteiger partial charge in [0.05, 0.1) is 11.4 Å². The van der Waals surface area contributed by atoms with E-state index in [1.807, 2.05) is 68.7 Å². The van der Waals surface area contributed by atoms with E-state index in [1.54, 1.807) is 0 Å². The molecule has 0 aromatic heterocycles. The molecule has 0 atom stereocenters. The van der Waals surface area contributed by atoms with Gasteiger partial charge >= 0.3 is 0 Å². The Bertz CT molecular complexity index is 462. The summed E-state index contributed by atoms with van der Waals surface area (Å²) in [6, 6.07) is 10.2. The highest BCUT2D eigenvalue weighted by atomic mass is 15.6. The van der Waals surface area contributed by atoms with Crippen molar-refractivity contribution >= 4 is 12.4 Å². The zero-order valence-corrected chi connectivity index (χ0v) is 12.1. The van der Waals surface area contributed by atoms with Crippen molar-refractivity contribution in [3.8, 4) is 0 Å². The van der Waals surface area contributed by atoms with Gasteiger partial charge in [0.25, 0.3) is 0 Å². The third-order valence-corrected chi connectivity index (χ3v) is 2.79. The van der Waals surface area contributed by atoms with Crippen molar-refractivity contribution in [2.75, 3.05) is 21.1 Å². The molecule has 0 radical (unpaired) electrons. The quantitative estimate of drug-likeness (QED) is 0.628. The average Bonchev–Trinajstić information content (AvgIpc) is 2.45. The second-order valence-corrected chi connectivity index (χ2v) is 4.23. The van der Waals surface area contributed by atoms with Gasteiger partial charge < -0.3 is 5.32 Å². The first-order valence-corrected chi connectivity index (χ1v) is 6.14. The Balaban J connectivity index is 2.89. The number of nitrogens with zero attached hydrogens (tertiary/aromatic N) is 3. The summed E-state index contributed by atoms with van der Waals surface area (Å²) in [6.07, 6.45) is 3.95. The summed E-state index contributed by atoms with van der Waals surface area (Å²) >= 11 is 0. The molecule has 0 amide bonds. The molecule has 0 fully saturated rings. The molecule has 0 aliphatic carbocycles. The van der Waals surface area contributed by atoms with Crippen molar-refractivity contribution in [3.05, 3.63) is 54.0 Å². The van der Waals surface area contributed by atoms with Gasteiger partial charge in [-0.3, -0.25) is 15.0 Å². The van der Waals surface area contributed by atoms with Crippen molar-refractivity contribution in [1.29, 1.82) is 0 Å². The summed E-state index contributed by atoms with van der Waals surface area (Å²) in [5, 5.41) is 7.14. The monoisotopic (exact) mass is 258 g/mol. The maximum Gasteiger partial charge on any atom is 0.0592 e. The molecular formula is C15H22N4. The van der Waals surface area contributed by atoms with Crippen LogP contribution in [0, 0.1) is 0 Å². The van der Waals surface area contributed by atoms with E-state index in [-0.39, 0.29) is 0 Å². The maximum absolute atomic E-state index is 3.87. The van der Waals surface area contributed by atoms with Crippen molar-refractivity contribution < 1.29 is 0 Å². The Kier molecular flexibility index (Phi) is 5.67.